The Kier molecular flexibility index (Phi) is 7.26. The summed E-state index contributed by atoms with van der Waals surface area (Å²) in [4.78, 5) is 18.5. The topological polar surface area (TPSA) is 102 Å². The third kappa shape index (κ3) is 5.35. The minimum absolute atomic E-state index is 0.122. The third-order valence-electron chi connectivity index (χ3n) is 2.46. The van der Waals surface area contributed by atoms with E-state index in [4.69, 9.17) is 4.74 Å². The van der Waals surface area contributed by atoms with Crippen LogP contribution in [0.2, 0.25) is 0 Å². The molecule has 0 saturated carbocycles. The molecule has 0 atom stereocenters. The van der Waals surface area contributed by atoms with E-state index in [2.05, 4.69) is 20.6 Å². The first-order valence-corrected chi connectivity index (χ1v) is 6.76. The Morgan fingerprint density at radius 1 is 1.35 bits per heavy atom. The number of nitro groups is 1. The molecule has 1 aromatic rings. The number of nitrogens with one attached hydrogen (secondary N) is 2. The number of aromatic nitrogens is 2. The van der Waals surface area contributed by atoms with Crippen LogP contribution in [0.15, 0.2) is 6.20 Å². The lowest BCUT2D eigenvalue weighted by atomic mass is 10.4. The van der Waals surface area contributed by atoms with Crippen molar-refractivity contribution in [3.63, 3.8) is 0 Å². The van der Waals surface area contributed by atoms with E-state index in [1.54, 1.807) is 0 Å². The van der Waals surface area contributed by atoms with Crippen molar-refractivity contribution in [3.05, 3.63) is 16.3 Å². The van der Waals surface area contributed by atoms with Crippen molar-refractivity contribution in [2.75, 3.05) is 36.9 Å². The van der Waals surface area contributed by atoms with E-state index < -0.39 is 4.92 Å². The first-order chi connectivity index (χ1) is 9.69. The summed E-state index contributed by atoms with van der Waals surface area (Å²) in [5, 5.41) is 16.9. The summed E-state index contributed by atoms with van der Waals surface area (Å²) in [6.07, 6.45) is 2.90. The summed E-state index contributed by atoms with van der Waals surface area (Å²) in [7, 11) is 0. The van der Waals surface area contributed by atoms with Crippen LogP contribution >= 0.6 is 0 Å². The van der Waals surface area contributed by atoms with E-state index in [1.165, 1.54) is 6.20 Å². The van der Waals surface area contributed by atoms with Gasteiger partial charge in [0.1, 0.15) is 6.20 Å². The molecular formula is C12H21N5O3. The maximum absolute atomic E-state index is 10.9. The molecule has 0 spiro atoms. The number of rotatable bonds is 10. The van der Waals surface area contributed by atoms with Crippen molar-refractivity contribution in [3.8, 4) is 0 Å². The molecule has 0 aliphatic carbocycles. The molecule has 0 fully saturated rings. The molecule has 0 aliphatic heterocycles. The van der Waals surface area contributed by atoms with Crippen LogP contribution in [0.5, 0.6) is 0 Å². The van der Waals surface area contributed by atoms with E-state index in [-0.39, 0.29) is 11.5 Å². The van der Waals surface area contributed by atoms with Gasteiger partial charge < -0.3 is 15.4 Å². The highest BCUT2D eigenvalue weighted by atomic mass is 16.6. The van der Waals surface area contributed by atoms with E-state index in [9.17, 15) is 10.1 Å². The molecule has 8 nitrogen and oxygen atoms in total. The van der Waals surface area contributed by atoms with Gasteiger partial charge in [-0.3, -0.25) is 10.1 Å². The Morgan fingerprint density at radius 2 is 2.15 bits per heavy atom. The number of hydrogen-bond donors (Lipinski definition) is 2. The van der Waals surface area contributed by atoms with Crippen molar-refractivity contribution >= 4 is 17.5 Å². The van der Waals surface area contributed by atoms with Crippen molar-refractivity contribution in [2.45, 2.75) is 26.7 Å². The van der Waals surface area contributed by atoms with Gasteiger partial charge in [-0.2, -0.15) is 4.98 Å². The highest BCUT2D eigenvalue weighted by Gasteiger charge is 2.16. The smallest absolute Gasteiger partial charge is 0.329 e. The second-order valence-electron chi connectivity index (χ2n) is 4.09. The predicted molar refractivity (Wildman–Crippen MR) is 77.1 cm³/mol. The Hall–Kier alpha value is -1.96. The van der Waals surface area contributed by atoms with Gasteiger partial charge in [-0.25, -0.2) is 4.98 Å². The summed E-state index contributed by atoms with van der Waals surface area (Å²) in [5.74, 6) is 0.629. The zero-order valence-corrected chi connectivity index (χ0v) is 11.9. The van der Waals surface area contributed by atoms with Crippen LogP contribution in [0.4, 0.5) is 17.5 Å². The zero-order valence-electron chi connectivity index (χ0n) is 11.9. The lowest BCUT2D eigenvalue weighted by Crippen LogP contribution is -2.11. The number of ether oxygens (including phenoxy) is 1. The molecule has 2 N–H and O–H groups in total. The monoisotopic (exact) mass is 283 g/mol. The lowest BCUT2D eigenvalue weighted by molar-refractivity contribution is -0.384. The maximum atomic E-state index is 10.9. The Balaban J connectivity index is 2.65. The second-order valence-corrected chi connectivity index (χ2v) is 4.09. The van der Waals surface area contributed by atoms with Crippen molar-refractivity contribution in [1.82, 2.24) is 9.97 Å². The fourth-order valence-electron chi connectivity index (χ4n) is 1.49. The molecule has 8 heteroatoms. The second kappa shape index (κ2) is 9.03. The van der Waals surface area contributed by atoms with Crippen LogP contribution in [-0.4, -0.2) is 41.2 Å². The van der Waals surface area contributed by atoms with Crippen LogP contribution in [-0.2, 0) is 4.74 Å². The molecule has 0 aromatic carbocycles. The zero-order chi connectivity index (χ0) is 14.8. The third-order valence-corrected chi connectivity index (χ3v) is 2.46. The minimum Gasteiger partial charge on any atom is -0.382 e. The summed E-state index contributed by atoms with van der Waals surface area (Å²) in [6, 6.07) is 0. The van der Waals surface area contributed by atoms with E-state index in [0.717, 1.165) is 19.4 Å². The SMILES string of the molecule is CCCNc1ncc([N+](=O)[O-])c(NCCCOCC)n1. The number of anilines is 2. The van der Waals surface area contributed by atoms with E-state index >= 15 is 0 Å². The molecular weight excluding hydrogens is 262 g/mol. The Morgan fingerprint density at radius 3 is 2.80 bits per heavy atom. The Labute approximate surface area is 118 Å². The fourth-order valence-corrected chi connectivity index (χ4v) is 1.49. The minimum atomic E-state index is -0.492. The standard InChI is InChI=1S/C12H21N5O3/c1-3-6-14-12-15-9-10(17(18)19)11(16-12)13-7-5-8-20-4-2/h9H,3-8H2,1-2H3,(H2,13,14,15,16). The van der Waals surface area contributed by atoms with Crippen molar-refractivity contribution in [2.24, 2.45) is 0 Å². The number of nitrogens with zero attached hydrogens (tertiary/aromatic N) is 3. The molecule has 0 unspecified atom stereocenters. The lowest BCUT2D eigenvalue weighted by Gasteiger charge is -2.08. The molecule has 0 amide bonds. The number of hydrogen-bond acceptors (Lipinski definition) is 7. The highest BCUT2D eigenvalue weighted by molar-refractivity contribution is 5.56. The average molecular weight is 283 g/mol. The van der Waals surface area contributed by atoms with Crippen LogP contribution in [0.3, 0.4) is 0 Å². The van der Waals surface area contributed by atoms with Gasteiger partial charge in [0.25, 0.3) is 0 Å². The summed E-state index contributed by atoms with van der Waals surface area (Å²) >= 11 is 0. The molecule has 0 saturated heterocycles. The first-order valence-electron chi connectivity index (χ1n) is 6.76. The van der Waals surface area contributed by atoms with E-state index in [1.807, 2.05) is 13.8 Å². The van der Waals surface area contributed by atoms with Gasteiger partial charge in [0.2, 0.25) is 11.8 Å². The summed E-state index contributed by atoms with van der Waals surface area (Å²) in [6.45, 7) is 6.51. The maximum Gasteiger partial charge on any atom is 0.329 e. The van der Waals surface area contributed by atoms with Crippen molar-refractivity contribution in [1.29, 1.82) is 0 Å². The molecule has 1 rings (SSSR count). The predicted octanol–water partition coefficient (Wildman–Crippen LogP) is 2.05. The van der Waals surface area contributed by atoms with Gasteiger partial charge in [0.15, 0.2) is 0 Å². The van der Waals surface area contributed by atoms with Crippen LogP contribution in [0.25, 0.3) is 0 Å². The van der Waals surface area contributed by atoms with Gasteiger partial charge in [-0.1, -0.05) is 6.92 Å². The normalized spacial score (nSPS) is 10.3. The van der Waals surface area contributed by atoms with E-state index in [0.29, 0.717) is 25.7 Å². The summed E-state index contributed by atoms with van der Waals surface area (Å²) in [5.41, 5.74) is -0.122. The highest BCUT2D eigenvalue weighted by Crippen LogP contribution is 2.21. The van der Waals surface area contributed by atoms with Gasteiger partial charge in [-0.15, -0.1) is 0 Å². The summed E-state index contributed by atoms with van der Waals surface area (Å²) < 4.78 is 5.21. The fraction of sp³-hybridized carbons (Fsp3) is 0.667. The van der Waals surface area contributed by atoms with Gasteiger partial charge >= 0.3 is 5.69 Å². The van der Waals surface area contributed by atoms with Gasteiger partial charge in [0, 0.05) is 26.3 Å². The molecule has 20 heavy (non-hydrogen) atoms. The molecule has 0 aliphatic rings. The van der Waals surface area contributed by atoms with Gasteiger partial charge in [0.05, 0.1) is 4.92 Å². The molecule has 0 radical (unpaired) electrons. The largest absolute Gasteiger partial charge is 0.382 e. The van der Waals surface area contributed by atoms with Gasteiger partial charge in [-0.05, 0) is 19.8 Å². The Bertz CT molecular complexity index is 428. The molecule has 0 bridgehead atoms. The molecule has 1 aromatic heterocycles. The average Bonchev–Trinajstić information content (AvgIpc) is 2.44. The van der Waals surface area contributed by atoms with Crippen molar-refractivity contribution < 1.29 is 9.66 Å². The van der Waals surface area contributed by atoms with Crippen LogP contribution in [0, 0.1) is 10.1 Å². The quantitative estimate of drug-likeness (QED) is 0.385. The molecule has 112 valence electrons. The van der Waals surface area contributed by atoms with Crippen LogP contribution in [0.1, 0.15) is 26.7 Å². The molecule has 1 heterocycles. The first kappa shape index (κ1) is 16.1. The van der Waals surface area contributed by atoms with Crippen LogP contribution < -0.4 is 10.6 Å².